The Kier molecular flexibility index (Phi) is 3.84. The summed E-state index contributed by atoms with van der Waals surface area (Å²) >= 11 is 0. The third-order valence-electron chi connectivity index (χ3n) is 2.01. The molecule has 5 heteroatoms. The minimum atomic E-state index is -0.410. The molecule has 1 amide bonds. The Labute approximate surface area is 95.0 Å². The van der Waals surface area contributed by atoms with E-state index in [9.17, 15) is 4.79 Å². The first kappa shape index (κ1) is 12.4. The maximum atomic E-state index is 11.8. The van der Waals surface area contributed by atoms with Crippen LogP contribution in [0.1, 0.15) is 24.2 Å². The zero-order valence-corrected chi connectivity index (χ0v) is 9.78. The molecule has 5 nitrogen and oxygen atoms in total. The van der Waals surface area contributed by atoms with Crippen LogP contribution >= 0.6 is 0 Å². The zero-order valence-electron chi connectivity index (χ0n) is 9.78. The number of nitrogens with one attached hydrogen (secondary N) is 1. The van der Waals surface area contributed by atoms with E-state index in [-0.39, 0.29) is 5.91 Å². The van der Waals surface area contributed by atoms with Gasteiger partial charge in [-0.05, 0) is 26.0 Å². The van der Waals surface area contributed by atoms with Crippen LogP contribution in [0.5, 0.6) is 0 Å². The molecule has 0 fully saturated rings. The van der Waals surface area contributed by atoms with E-state index >= 15 is 0 Å². The molecule has 1 heterocycles. The standard InChI is InChI=1S/C11H17N3O2/c1-11(2,7-16-3)14-10(15)8-4-5-9(12)13-6-8/h4-6H,7H2,1-3H3,(H2,12,13)(H,14,15). The van der Waals surface area contributed by atoms with Crippen LogP contribution in [0.3, 0.4) is 0 Å². The van der Waals surface area contributed by atoms with Crippen molar-refractivity contribution < 1.29 is 9.53 Å². The first-order valence-corrected chi connectivity index (χ1v) is 4.97. The molecule has 0 saturated carbocycles. The third-order valence-corrected chi connectivity index (χ3v) is 2.01. The lowest BCUT2D eigenvalue weighted by Gasteiger charge is -2.25. The number of carbonyl (C=O) groups excluding carboxylic acids is 1. The van der Waals surface area contributed by atoms with Crippen LogP contribution in [0, 0.1) is 0 Å². The molecule has 0 bridgehead atoms. The molecule has 3 N–H and O–H groups in total. The summed E-state index contributed by atoms with van der Waals surface area (Å²) in [5, 5.41) is 2.85. The number of amides is 1. The summed E-state index contributed by atoms with van der Waals surface area (Å²) in [4.78, 5) is 15.7. The van der Waals surface area contributed by atoms with Gasteiger partial charge in [0.25, 0.3) is 5.91 Å². The van der Waals surface area contributed by atoms with Gasteiger partial charge in [-0.1, -0.05) is 0 Å². The fraction of sp³-hybridized carbons (Fsp3) is 0.455. The molecule has 0 saturated heterocycles. The zero-order chi connectivity index (χ0) is 12.2. The highest BCUT2D eigenvalue weighted by molar-refractivity contribution is 5.94. The summed E-state index contributed by atoms with van der Waals surface area (Å²) < 4.78 is 5.01. The van der Waals surface area contributed by atoms with Crippen molar-refractivity contribution in [2.75, 3.05) is 19.5 Å². The molecule has 16 heavy (non-hydrogen) atoms. The molecule has 0 unspecified atom stereocenters. The SMILES string of the molecule is COCC(C)(C)NC(=O)c1ccc(N)nc1. The van der Waals surface area contributed by atoms with Gasteiger partial charge >= 0.3 is 0 Å². The molecular formula is C11H17N3O2. The van der Waals surface area contributed by atoms with Gasteiger partial charge in [-0.25, -0.2) is 4.98 Å². The summed E-state index contributed by atoms with van der Waals surface area (Å²) in [6.45, 7) is 4.22. The number of methoxy groups -OCH3 is 1. The molecule has 0 aliphatic heterocycles. The average molecular weight is 223 g/mol. The minimum Gasteiger partial charge on any atom is -0.384 e. The lowest BCUT2D eigenvalue weighted by atomic mass is 10.1. The quantitative estimate of drug-likeness (QED) is 0.792. The first-order valence-electron chi connectivity index (χ1n) is 4.97. The Morgan fingerprint density at radius 3 is 2.75 bits per heavy atom. The number of nitrogen functional groups attached to an aromatic ring is 1. The Morgan fingerprint density at radius 1 is 1.56 bits per heavy atom. The smallest absolute Gasteiger partial charge is 0.253 e. The summed E-state index contributed by atoms with van der Waals surface area (Å²) in [5.74, 6) is 0.210. The van der Waals surface area contributed by atoms with Crippen LogP contribution in [0.25, 0.3) is 0 Å². The average Bonchev–Trinajstić information content (AvgIpc) is 2.17. The van der Waals surface area contributed by atoms with Gasteiger partial charge in [-0.15, -0.1) is 0 Å². The van der Waals surface area contributed by atoms with Crippen LogP contribution in [-0.4, -0.2) is 30.1 Å². The highest BCUT2D eigenvalue weighted by atomic mass is 16.5. The van der Waals surface area contributed by atoms with Gasteiger partial charge in [0.1, 0.15) is 5.82 Å². The molecule has 0 spiro atoms. The van der Waals surface area contributed by atoms with E-state index < -0.39 is 5.54 Å². The number of nitrogens with zero attached hydrogens (tertiary/aromatic N) is 1. The summed E-state index contributed by atoms with van der Waals surface area (Å²) in [7, 11) is 1.60. The fourth-order valence-electron chi connectivity index (χ4n) is 1.32. The van der Waals surface area contributed by atoms with Crippen molar-refractivity contribution in [2.24, 2.45) is 0 Å². The van der Waals surface area contributed by atoms with Crippen LogP contribution < -0.4 is 11.1 Å². The summed E-state index contributed by atoms with van der Waals surface area (Å²) in [6, 6.07) is 3.23. The second-order valence-electron chi connectivity index (χ2n) is 4.24. The van der Waals surface area contributed by atoms with Crippen molar-refractivity contribution in [3.8, 4) is 0 Å². The molecular weight excluding hydrogens is 206 g/mol. The predicted molar refractivity (Wildman–Crippen MR) is 62.1 cm³/mol. The van der Waals surface area contributed by atoms with Crippen LogP contribution in [0.2, 0.25) is 0 Å². The van der Waals surface area contributed by atoms with Crippen molar-refractivity contribution in [2.45, 2.75) is 19.4 Å². The second-order valence-corrected chi connectivity index (χ2v) is 4.24. The minimum absolute atomic E-state index is 0.186. The van der Waals surface area contributed by atoms with Gasteiger partial charge < -0.3 is 15.8 Å². The Balaban J connectivity index is 2.69. The van der Waals surface area contributed by atoms with Gasteiger partial charge in [-0.2, -0.15) is 0 Å². The highest BCUT2D eigenvalue weighted by Crippen LogP contribution is 2.06. The number of rotatable bonds is 4. The van der Waals surface area contributed by atoms with Crippen LogP contribution in [0.15, 0.2) is 18.3 Å². The van der Waals surface area contributed by atoms with E-state index in [1.807, 2.05) is 13.8 Å². The normalized spacial score (nSPS) is 11.2. The number of nitrogens with two attached hydrogens (primary N) is 1. The number of anilines is 1. The fourth-order valence-corrected chi connectivity index (χ4v) is 1.32. The number of hydrogen-bond donors (Lipinski definition) is 2. The number of pyridine rings is 1. The molecule has 88 valence electrons. The largest absolute Gasteiger partial charge is 0.384 e. The van der Waals surface area contributed by atoms with Gasteiger partial charge in [-0.3, -0.25) is 4.79 Å². The Hall–Kier alpha value is -1.62. The molecule has 1 aromatic rings. The molecule has 0 aliphatic carbocycles. The Bertz CT molecular complexity index is 360. The van der Waals surface area contributed by atoms with Crippen molar-refractivity contribution in [3.63, 3.8) is 0 Å². The number of carbonyl (C=O) groups is 1. The van der Waals surface area contributed by atoms with Gasteiger partial charge in [0.05, 0.1) is 17.7 Å². The van der Waals surface area contributed by atoms with Gasteiger partial charge in [0.15, 0.2) is 0 Å². The molecule has 0 radical (unpaired) electrons. The number of ether oxygens (including phenoxy) is 1. The molecule has 1 aromatic heterocycles. The van der Waals surface area contributed by atoms with E-state index in [4.69, 9.17) is 10.5 Å². The number of hydrogen-bond acceptors (Lipinski definition) is 4. The van der Waals surface area contributed by atoms with E-state index in [0.717, 1.165) is 0 Å². The van der Waals surface area contributed by atoms with Gasteiger partial charge in [0, 0.05) is 13.3 Å². The van der Waals surface area contributed by atoms with Crippen LogP contribution in [-0.2, 0) is 4.74 Å². The van der Waals surface area contributed by atoms with Crippen molar-refractivity contribution in [3.05, 3.63) is 23.9 Å². The molecule has 0 aromatic carbocycles. The van der Waals surface area contributed by atoms with Gasteiger partial charge in [0.2, 0.25) is 0 Å². The van der Waals surface area contributed by atoms with E-state index in [2.05, 4.69) is 10.3 Å². The number of aromatic nitrogens is 1. The van der Waals surface area contributed by atoms with Crippen molar-refractivity contribution >= 4 is 11.7 Å². The molecule has 0 atom stereocenters. The van der Waals surface area contributed by atoms with Crippen molar-refractivity contribution in [1.82, 2.24) is 10.3 Å². The highest BCUT2D eigenvalue weighted by Gasteiger charge is 2.20. The maximum Gasteiger partial charge on any atom is 0.253 e. The maximum absolute atomic E-state index is 11.8. The monoisotopic (exact) mass is 223 g/mol. The van der Waals surface area contributed by atoms with E-state index in [1.54, 1.807) is 19.2 Å². The summed E-state index contributed by atoms with van der Waals surface area (Å²) in [6.07, 6.45) is 1.45. The van der Waals surface area contributed by atoms with Crippen molar-refractivity contribution in [1.29, 1.82) is 0 Å². The topological polar surface area (TPSA) is 77.2 Å². The first-order chi connectivity index (χ1) is 7.44. The molecule has 1 rings (SSSR count). The Morgan fingerprint density at radius 2 is 2.25 bits per heavy atom. The van der Waals surface area contributed by atoms with E-state index in [1.165, 1.54) is 6.20 Å². The van der Waals surface area contributed by atoms with Crippen LogP contribution in [0.4, 0.5) is 5.82 Å². The second kappa shape index (κ2) is 4.94. The summed E-state index contributed by atoms with van der Waals surface area (Å²) in [5.41, 5.74) is 5.51. The lowest BCUT2D eigenvalue weighted by molar-refractivity contribution is 0.0819. The lowest BCUT2D eigenvalue weighted by Crippen LogP contribution is -2.46. The third kappa shape index (κ3) is 3.51. The predicted octanol–water partition coefficient (Wildman–Crippen LogP) is 0.819. The van der Waals surface area contributed by atoms with E-state index in [0.29, 0.717) is 18.0 Å². The molecule has 0 aliphatic rings.